The number of benzene rings is 1. The molecule has 1 saturated carbocycles. The third kappa shape index (κ3) is 3.29. The van der Waals surface area contributed by atoms with E-state index in [9.17, 15) is 4.79 Å². The minimum Gasteiger partial charge on any atom is -0.469 e. The van der Waals surface area contributed by atoms with Crippen LogP contribution in [0.2, 0.25) is 0 Å². The Kier molecular flexibility index (Phi) is 4.29. The molecule has 0 aromatic heterocycles. The van der Waals surface area contributed by atoms with Crippen LogP contribution in [0.25, 0.3) is 0 Å². The van der Waals surface area contributed by atoms with Crippen LogP contribution in [0.1, 0.15) is 31.2 Å². The highest BCUT2D eigenvalue weighted by Gasteiger charge is 2.27. The Morgan fingerprint density at radius 3 is 2.71 bits per heavy atom. The van der Waals surface area contributed by atoms with Crippen LogP contribution in [0.15, 0.2) is 18.2 Å². The number of hydrogen-bond donors (Lipinski definition) is 0. The van der Waals surface area contributed by atoms with Gasteiger partial charge in [-0.3, -0.25) is 4.79 Å². The van der Waals surface area contributed by atoms with Gasteiger partial charge in [-0.05, 0) is 43.4 Å². The molecule has 1 aliphatic carbocycles. The molecular weight excluding hydrogens is 272 g/mol. The highest BCUT2D eigenvalue weighted by Crippen LogP contribution is 2.33. The van der Waals surface area contributed by atoms with Gasteiger partial charge in [-0.25, -0.2) is 0 Å². The predicted octanol–water partition coefficient (Wildman–Crippen LogP) is 2.66. The van der Waals surface area contributed by atoms with Crippen molar-refractivity contribution < 1.29 is 23.7 Å². The quantitative estimate of drug-likeness (QED) is 0.799. The summed E-state index contributed by atoms with van der Waals surface area (Å²) in [5.41, 5.74) is 1.08. The lowest BCUT2D eigenvalue weighted by atomic mass is 9.87. The SMILES string of the molecule is COC(=O)C1CCC(OCc2ccc3c(c2)OCO3)CC1. The van der Waals surface area contributed by atoms with Crippen molar-refractivity contribution in [3.8, 4) is 11.5 Å². The van der Waals surface area contributed by atoms with Crippen LogP contribution in [-0.4, -0.2) is 26.0 Å². The maximum atomic E-state index is 11.5. The summed E-state index contributed by atoms with van der Waals surface area (Å²) in [7, 11) is 1.45. The summed E-state index contributed by atoms with van der Waals surface area (Å²) in [6.07, 6.45) is 3.72. The van der Waals surface area contributed by atoms with Gasteiger partial charge < -0.3 is 18.9 Å². The van der Waals surface area contributed by atoms with Gasteiger partial charge in [-0.1, -0.05) is 6.07 Å². The molecule has 0 radical (unpaired) electrons. The zero-order valence-electron chi connectivity index (χ0n) is 12.2. The van der Waals surface area contributed by atoms with Crippen LogP contribution in [0.4, 0.5) is 0 Å². The first-order valence-corrected chi connectivity index (χ1v) is 7.34. The van der Waals surface area contributed by atoms with Crippen LogP contribution < -0.4 is 9.47 Å². The molecule has 0 bridgehead atoms. The van der Waals surface area contributed by atoms with Crippen molar-refractivity contribution in [2.45, 2.75) is 38.4 Å². The van der Waals surface area contributed by atoms with Gasteiger partial charge in [0.25, 0.3) is 0 Å². The number of ether oxygens (including phenoxy) is 4. The Balaban J connectivity index is 1.47. The molecule has 21 heavy (non-hydrogen) atoms. The molecule has 1 fully saturated rings. The lowest BCUT2D eigenvalue weighted by molar-refractivity contribution is -0.147. The van der Waals surface area contributed by atoms with Crippen molar-refractivity contribution in [1.82, 2.24) is 0 Å². The monoisotopic (exact) mass is 292 g/mol. The normalized spacial score (nSPS) is 23.9. The maximum Gasteiger partial charge on any atom is 0.308 e. The molecule has 0 atom stereocenters. The van der Waals surface area contributed by atoms with Crippen molar-refractivity contribution >= 4 is 5.97 Å². The van der Waals surface area contributed by atoms with Gasteiger partial charge in [0.05, 0.1) is 25.7 Å². The van der Waals surface area contributed by atoms with Crippen molar-refractivity contribution in [2.24, 2.45) is 5.92 Å². The second-order valence-electron chi connectivity index (χ2n) is 5.50. The van der Waals surface area contributed by atoms with E-state index in [-0.39, 0.29) is 24.8 Å². The molecule has 114 valence electrons. The van der Waals surface area contributed by atoms with Gasteiger partial charge in [0.1, 0.15) is 0 Å². The maximum absolute atomic E-state index is 11.5. The third-order valence-electron chi connectivity index (χ3n) is 4.13. The van der Waals surface area contributed by atoms with Gasteiger partial charge in [0.15, 0.2) is 11.5 Å². The molecule has 1 aliphatic heterocycles. The minimum atomic E-state index is -0.0933. The largest absolute Gasteiger partial charge is 0.469 e. The van der Waals surface area contributed by atoms with E-state index in [0.717, 1.165) is 42.7 Å². The zero-order valence-corrected chi connectivity index (χ0v) is 12.2. The van der Waals surface area contributed by atoms with Gasteiger partial charge in [-0.2, -0.15) is 0 Å². The van der Waals surface area contributed by atoms with Gasteiger partial charge >= 0.3 is 5.97 Å². The summed E-state index contributed by atoms with van der Waals surface area (Å²) in [5, 5.41) is 0. The number of carbonyl (C=O) groups excluding carboxylic acids is 1. The second kappa shape index (κ2) is 6.35. The lowest BCUT2D eigenvalue weighted by Gasteiger charge is -2.27. The Hall–Kier alpha value is -1.75. The Labute approximate surface area is 124 Å². The Morgan fingerprint density at radius 2 is 1.95 bits per heavy atom. The van der Waals surface area contributed by atoms with Gasteiger partial charge in [0.2, 0.25) is 6.79 Å². The molecule has 1 aromatic rings. The van der Waals surface area contributed by atoms with Crippen LogP contribution in [0.5, 0.6) is 11.5 Å². The number of methoxy groups -OCH3 is 1. The highest BCUT2D eigenvalue weighted by atomic mass is 16.7. The molecular formula is C16H20O5. The predicted molar refractivity (Wildman–Crippen MR) is 75.1 cm³/mol. The zero-order chi connectivity index (χ0) is 14.7. The molecule has 0 amide bonds. The summed E-state index contributed by atoms with van der Waals surface area (Å²) < 4.78 is 21.4. The summed E-state index contributed by atoms with van der Waals surface area (Å²) in [6, 6.07) is 5.87. The van der Waals surface area contributed by atoms with Crippen LogP contribution >= 0.6 is 0 Å². The first-order chi connectivity index (χ1) is 10.3. The fourth-order valence-corrected chi connectivity index (χ4v) is 2.88. The molecule has 1 aromatic carbocycles. The average Bonchev–Trinajstić information content (AvgIpc) is 3.00. The van der Waals surface area contributed by atoms with E-state index in [1.807, 2.05) is 18.2 Å². The van der Waals surface area contributed by atoms with E-state index >= 15 is 0 Å². The number of rotatable bonds is 4. The van der Waals surface area contributed by atoms with E-state index in [1.165, 1.54) is 7.11 Å². The van der Waals surface area contributed by atoms with E-state index in [2.05, 4.69) is 0 Å². The smallest absolute Gasteiger partial charge is 0.308 e. The van der Waals surface area contributed by atoms with Gasteiger partial charge in [-0.15, -0.1) is 0 Å². The fourth-order valence-electron chi connectivity index (χ4n) is 2.88. The van der Waals surface area contributed by atoms with Gasteiger partial charge in [0, 0.05) is 0 Å². The molecule has 3 rings (SSSR count). The molecule has 1 heterocycles. The molecule has 0 saturated heterocycles. The number of hydrogen-bond acceptors (Lipinski definition) is 5. The molecule has 5 heteroatoms. The highest BCUT2D eigenvalue weighted by molar-refractivity contribution is 5.72. The summed E-state index contributed by atoms with van der Waals surface area (Å²) >= 11 is 0. The van der Waals surface area contributed by atoms with Crippen LogP contribution in [0, 0.1) is 5.92 Å². The summed E-state index contributed by atoms with van der Waals surface area (Å²) in [6.45, 7) is 0.849. The molecule has 2 aliphatic rings. The van der Waals surface area contributed by atoms with Crippen molar-refractivity contribution in [3.05, 3.63) is 23.8 Å². The topological polar surface area (TPSA) is 54.0 Å². The van der Waals surface area contributed by atoms with E-state index in [1.54, 1.807) is 0 Å². The number of fused-ring (bicyclic) bond motifs is 1. The fraction of sp³-hybridized carbons (Fsp3) is 0.562. The van der Waals surface area contributed by atoms with E-state index < -0.39 is 0 Å². The molecule has 0 unspecified atom stereocenters. The Bertz CT molecular complexity index is 505. The van der Waals surface area contributed by atoms with Crippen molar-refractivity contribution in [1.29, 1.82) is 0 Å². The number of carbonyl (C=O) groups is 1. The number of esters is 1. The van der Waals surface area contributed by atoms with Crippen molar-refractivity contribution in [2.75, 3.05) is 13.9 Å². The first-order valence-electron chi connectivity index (χ1n) is 7.34. The lowest BCUT2D eigenvalue weighted by Crippen LogP contribution is -2.26. The summed E-state index contributed by atoms with van der Waals surface area (Å²) in [5.74, 6) is 1.52. The average molecular weight is 292 g/mol. The molecule has 0 N–H and O–H groups in total. The van der Waals surface area contributed by atoms with Crippen molar-refractivity contribution in [3.63, 3.8) is 0 Å². The van der Waals surface area contributed by atoms with Crippen LogP contribution in [-0.2, 0) is 20.9 Å². The standard InChI is InChI=1S/C16H20O5/c1-18-16(17)12-3-5-13(6-4-12)19-9-11-2-7-14-15(8-11)21-10-20-14/h2,7-8,12-13H,3-6,9-10H2,1H3. The summed E-state index contributed by atoms with van der Waals surface area (Å²) in [4.78, 5) is 11.5. The first kappa shape index (κ1) is 14.2. The van der Waals surface area contributed by atoms with E-state index in [0.29, 0.717) is 6.61 Å². The molecule has 0 spiro atoms. The third-order valence-corrected chi connectivity index (χ3v) is 4.13. The second-order valence-corrected chi connectivity index (χ2v) is 5.50. The Morgan fingerprint density at radius 1 is 1.19 bits per heavy atom. The van der Waals surface area contributed by atoms with Crippen LogP contribution in [0.3, 0.4) is 0 Å². The molecule has 5 nitrogen and oxygen atoms in total. The van der Waals surface area contributed by atoms with E-state index in [4.69, 9.17) is 18.9 Å². The minimum absolute atomic E-state index is 0.0420.